The zero-order valence-corrected chi connectivity index (χ0v) is 16.3. The van der Waals surface area contributed by atoms with E-state index in [-0.39, 0.29) is 47.2 Å². The first kappa shape index (κ1) is 19.1. The van der Waals surface area contributed by atoms with Gasteiger partial charge in [0.25, 0.3) is 5.91 Å². The maximum absolute atomic E-state index is 12.1. The number of carboxylic acids is 1. The number of amides is 2. The molecule has 1 fully saturated rings. The number of carbonyl (C=O) groups is 3. The van der Waals surface area contributed by atoms with E-state index in [0.717, 1.165) is 0 Å². The predicted molar refractivity (Wildman–Crippen MR) is 80.1 cm³/mol. The fourth-order valence-corrected chi connectivity index (χ4v) is 4.12. The van der Waals surface area contributed by atoms with E-state index in [1.54, 1.807) is 11.4 Å². The Morgan fingerprint density at radius 2 is 2.17 bits per heavy atom. The van der Waals surface area contributed by atoms with Gasteiger partial charge < -0.3 is 25.2 Å². The van der Waals surface area contributed by atoms with Gasteiger partial charge in [-0.3, -0.25) is 9.59 Å². The standard InChI is InChI=1S/C15H16N2O5S.Na/c1-6(18)11-9-4-8(12(15(21)22)17(9)14(11)20)7-3-10(23-5-7)13(19)16-2;/h3,5-6,9,11,18H,4H2,1-2H3,(H,16,19)(H,21,22);/q;+1/p-1/t6-,9-,11-;/m1./s1. The molecule has 0 radical (unpaired) electrons. The van der Waals surface area contributed by atoms with Crippen LogP contribution in [0.4, 0.5) is 0 Å². The van der Waals surface area contributed by atoms with Gasteiger partial charge in [0.1, 0.15) is 0 Å². The van der Waals surface area contributed by atoms with Gasteiger partial charge in [-0.25, -0.2) is 0 Å². The third kappa shape index (κ3) is 2.82. The van der Waals surface area contributed by atoms with Crippen LogP contribution in [0, 0.1) is 5.92 Å². The van der Waals surface area contributed by atoms with Crippen molar-refractivity contribution in [1.82, 2.24) is 10.2 Å². The smallest absolute Gasteiger partial charge is 0.543 e. The minimum atomic E-state index is -1.42. The van der Waals surface area contributed by atoms with Crippen molar-refractivity contribution >= 4 is 34.7 Å². The van der Waals surface area contributed by atoms with Crippen molar-refractivity contribution < 1.29 is 54.2 Å². The van der Waals surface area contributed by atoms with Crippen molar-refractivity contribution in [2.75, 3.05) is 7.05 Å². The average molecular weight is 358 g/mol. The molecule has 0 aromatic carbocycles. The van der Waals surface area contributed by atoms with E-state index in [1.807, 2.05) is 0 Å². The predicted octanol–water partition coefficient (Wildman–Crippen LogP) is -3.82. The zero-order chi connectivity index (χ0) is 16.9. The van der Waals surface area contributed by atoms with Crippen LogP contribution >= 0.6 is 11.3 Å². The first-order chi connectivity index (χ1) is 10.9. The molecule has 1 saturated heterocycles. The average Bonchev–Trinajstić information content (AvgIpc) is 3.08. The van der Waals surface area contributed by atoms with E-state index >= 15 is 0 Å². The molecule has 3 rings (SSSR count). The molecule has 3 atom stereocenters. The maximum Gasteiger partial charge on any atom is 1.00 e. The van der Waals surface area contributed by atoms with E-state index in [0.29, 0.717) is 22.4 Å². The minimum Gasteiger partial charge on any atom is -0.543 e. The van der Waals surface area contributed by atoms with Crippen LogP contribution < -0.4 is 40.0 Å². The summed E-state index contributed by atoms with van der Waals surface area (Å²) in [5.74, 6) is -2.68. The summed E-state index contributed by atoms with van der Waals surface area (Å²) in [6.45, 7) is 1.52. The molecule has 0 unspecified atom stereocenters. The molecular formula is C15H15N2NaO5S. The number of hydrogen-bond acceptors (Lipinski definition) is 6. The Labute approximate surface area is 164 Å². The van der Waals surface area contributed by atoms with Crippen molar-refractivity contribution in [3.8, 4) is 0 Å². The number of aliphatic hydroxyl groups excluding tert-OH is 1. The molecule has 0 bridgehead atoms. The fraction of sp³-hybridized carbons (Fsp3) is 0.400. The van der Waals surface area contributed by atoms with Gasteiger partial charge in [-0.2, -0.15) is 0 Å². The second kappa shape index (κ2) is 6.97. The summed E-state index contributed by atoms with van der Waals surface area (Å²) in [6, 6.07) is 1.24. The van der Waals surface area contributed by atoms with Crippen molar-refractivity contribution in [1.29, 1.82) is 0 Å². The maximum atomic E-state index is 12.1. The fourth-order valence-electron chi connectivity index (χ4n) is 3.25. The summed E-state index contributed by atoms with van der Waals surface area (Å²) in [4.78, 5) is 36.9. The Hall–Kier alpha value is -1.19. The number of fused-ring (bicyclic) bond motifs is 1. The molecule has 0 aliphatic carbocycles. The molecule has 9 heteroatoms. The molecule has 122 valence electrons. The third-order valence-corrected chi connectivity index (χ3v) is 5.25. The van der Waals surface area contributed by atoms with E-state index < -0.39 is 23.9 Å². The van der Waals surface area contributed by atoms with E-state index in [2.05, 4.69) is 5.32 Å². The molecule has 1 aromatic heterocycles. The van der Waals surface area contributed by atoms with Crippen LogP contribution in [0.3, 0.4) is 0 Å². The second-order valence-electron chi connectivity index (χ2n) is 5.64. The normalized spacial score (nSPS) is 23.3. The molecule has 2 aliphatic heterocycles. The monoisotopic (exact) mass is 358 g/mol. The van der Waals surface area contributed by atoms with Gasteiger partial charge in [0, 0.05) is 7.05 Å². The number of hydrogen-bond donors (Lipinski definition) is 2. The van der Waals surface area contributed by atoms with Crippen LogP contribution in [-0.2, 0) is 9.59 Å². The molecule has 2 N–H and O–H groups in total. The SMILES string of the molecule is CNC(=O)c1cc(C2=C(C(=O)[O-])N3C(=O)[C@H]([C@@H](C)O)[C@H]3C2)cs1.[Na+]. The third-order valence-electron chi connectivity index (χ3n) is 4.32. The Balaban J connectivity index is 0.00000208. The summed E-state index contributed by atoms with van der Waals surface area (Å²) in [7, 11) is 1.51. The molecule has 2 aliphatic rings. The van der Waals surface area contributed by atoms with Crippen LogP contribution in [0.25, 0.3) is 5.57 Å². The quantitative estimate of drug-likeness (QED) is 0.424. The van der Waals surface area contributed by atoms with Crippen LogP contribution in [0.2, 0.25) is 0 Å². The van der Waals surface area contributed by atoms with Gasteiger partial charge in [-0.05, 0) is 35.9 Å². The summed E-state index contributed by atoms with van der Waals surface area (Å²) in [5, 5.41) is 25.4. The van der Waals surface area contributed by atoms with Gasteiger partial charge in [0.05, 0.1) is 34.6 Å². The van der Waals surface area contributed by atoms with Crippen molar-refractivity contribution in [2.24, 2.45) is 5.92 Å². The van der Waals surface area contributed by atoms with Crippen molar-refractivity contribution in [3.63, 3.8) is 0 Å². The van der Waals surface area contributed by atoms with Crippen LogP contribution in [0.15, 0.2) is 17.1 Å². The van der Waals surface area contributed by atoms with E-state index in [9.17, 15) is 24.6 Å². The molecule has 3 heterocycles. The summed E-state index contributed by atoms with van der Waals surface area (Å²) < 4.78 is 0. The number of carboxylic acid groups (broad SMARTS) is 1. The molecule has 24 heavy (non-hydrogen) atoms. The van der Waals surface area contributed by atoms with Gasteiger partial charge in [-0.15, -0.1) is 11.3 Å². The Morgan fingerprint density at radius 3 is 2.71 bits per heavy atom. The Morgan fingerprint density at radius 1 is 1.50 bits per heavy atom. The van der Waals surface area contributed by atoms with Gasteiger partial charge in [0.15, 0.2) is 0 Å². The van der Waals surface area contributed by atoms with Gasteiger partial charge in [-0.1, -0.05) is 0 Å². The second-order valence-corrected chi connectivity index (χ2v) is 6.55. The number of carbonyl (C=O) groups excluding carboxylic acids is 3. The number of aliphatic carboxylic acids is 1. The van der Waals surface area contributed by atoms with Crippen LogP contribution in [0.1, 0.15) is 28.6 Å². The number of rotatable bonds is 4. The molecule has 0 spiro atoms. The number of nitrogens with zero attached hydrogens (tertiary/aromatic N) is 1. The van der Waals surface area contributed by atoms with Crippen molar-refractivity contribution in [3.05, 3.63) is 27.6 Å². The number of nitrogens with one attached hydrogen (secondary N) is 1. The number of aliphatic hydroxyl groups is 1. The van der Waals surface area contributed by atoms with E-state index in [4.69, 9.17) is 0 Å². The topological polar surface area (TPSA) is 110 Å². The summed E-state index contributed by atoms with van der Waals surface area (Å²) in [5.41, 5.74) is 0.912. The van der Waals surface area contributed by atoms with Crippen molar-refractivity contribution in [2.45, 2.75) is 25.5 Å². The Bertz CT molecular complexity index is 742. The largest absolute Gasteiger partial charge is 1.00 e. The number of thiophene rings is 1. The van der Waals surface area contributed by atoms with Crippen LogP contribution in [-0.4, -0.2) is 47.0 Å². The van der Waals surface area contributed by atoms with E-state index in [1.165, 1.54) is 30.2 Å². The first-order valence-electron chi connectivity index (χ1n) is 7.13. The summed E-state index contributed by atoms with van der Waals surface area (Å²) >= 11 is 1.20. The first-order valence-corrected chi connectivity index (χ1v) is 8.01. The van der Waals surface area contributed by atoms with Gasteiger partial charge in [0.2, 0.25) is 5.91 Å². The number of β-lactam (4-membered cyclic amide) rings is 1. The zero-order valence-electron chi connectivity index (χ0n) is 13.5. The molecule has 2 amide bonds. The summed E-state index contributed by atoms with van der Waals surface area (Å²) in [6.07, 6.45) is -0.510. The Kier molecular flexibility index (Phi) is 5.56. The molecular weight excluding hydrogens is 343 g/mol. The molecule has 0 saturated carbocycles. The minimum absolute atomic E-state index is 0. The molecule has 1 aromatic rings. The van der Waals surface area contributed by atoms with Crippen LogP contribution in [0.5, 0.6) is 0 Å². The van der Waals surface area contributed by atoms with Gasteiger partial charge >= 0.3 is 29.6 Å². The molecule has 7 nitrogen and oxygen atoms in total.